The van der Waals surface area contributed by atoms with Crippen LogP contribution in [0.2, 0.25) is 0 Å². The molecular formula is C18H20F2N4O2. The van der Waals surface area contributed by atoms with Crippen molar-refractivity contribution in [2.24, 2.45) is 11.1 Å². The van der Waals surface area contributed by atoms with Crippen LogP contribution in [0.1, 0.15) is 43.9 Å². The van der Waals surface area contributed by atoms with Gasteiger partial charge in [0.25, 0.3) is 6.43 Å². The molecule has 2 heterocycles. The van der Waals surface area contributed by atoms with Crippen molar-refractivity contribution in [3.8, 4) is 6.07 Å². The third-order valence-corrected chi connectivity index (χ3v) is 4.70. The second-order valence-corrected chi connectivity index (χ2v) is 7.49. The predicted octanol–water partition coefficient (Wildman–Crippen LogP) is 2.91. The van der Waals surface area contributed by atoms with Gasteiger partial charge < -0.3 is 10.5 Å². The van der Waals surface area contributed by atoms with E-state index in [9.17, 15) is 18.8 Å². The first-order chi connectivity index (χ1) is 12.1. The van der Waals surface area contributed by atoms with Crippen LogP contribution in [0.5, 0.6) is 0 Å². The first-order valence-corrected chi connectivity index (χ1v) is 8.29. The van der Waals surface area contributed by atoms with Gasteiger partial charge in [-0.15, -0.1) is 0 Å². The van der Waals surface area contributed by atoms with Crippen LogP contribution in [-0.2, 0) is 16.1 Å². The number of ether oxygens (including phenoxy) is 1. The Bertz CT molecular complexity index is 874. The average Bonchev–Trinajstić information content (AvgIpc) is 2.83. The second kappa shape index (κ2) is 6.24. The third-order valence-electron chi connectivity index (χ3n) is 4.70. The lowest BCUT2D eigenvalue weighted by Gasteiger charge is -2.37. The van der Waals surface area contributed by atoms with Gasteiger partial charge in [-0.3, -0.25) is 9.48 Å². The minimum atomic E-state index is -2.56. The number of halogens is 2. The molecule has 1 aliphatic heterocycles. The maximum absolute atomic E-state index is 12.8. The van der Waals surface area contributed by atoms with Crippen molar-refractivity contribution >= 4 is 5.78 Å². The molecule has 1 aromatic heterocycles. The number of carbonyl (C=O) groups excluding carboxylic acids is 1. The maximum Gasteiger partial charge on any atom is 0.257 e. The summed E-state index contributed by atoms with van der Waals surface area (Å²) in [4.78, 5) is 12.8. The lowest BCUT2D eigenvalue weighted by Crippen LogP contribution is -2.33. The predicted molar refractivity (Wildman–Crippen MR) is 88.7 cm³/mol. The zero-order chi connectivity index (χ0) is 19.2. The minimum Gasteiger partial charge on any atom is -0.444 e. The first kappa shape index (κ1) is 18.1. The summed E-state index contributed by atoms with van der Waals surface area (Å²) < 4.78 is 32.1. The molecule has 0 fully saturated rings. The summed E-state index contributed by atoms with van der Waals surface area (Å²) in [6.45, 7) is 5.02. The molecule has 0 unspecified atom stereocenters. The number of nitrogens with zero attached hydrogens (tertiary/aromatic N) is 3. The Kier molecular flexibility index (Phi) is 4.34. The number of nitrogens with two attached hydrogens (primary N) is 1. The second-order valence-electron chi connectivity index (χ2n) is 7.49. The van der Waals surface area contributed by atoms with E-state index in [0.717, 1.165) is 4.68 Å². The van der Waals surface area contributed by atoms with Gasteiger partial charge in [0.1, 0.15) is 23.9 Å². The number of aromatic nitrogens is 2. The van der Waals surface area contributed by atoms with E-state index in [1.54, 1.807) is 6.92 Å². The molecule has 2 aliphatic rings. The van der Waals surface area contributed by atoms with Crippen LogP contribution in [-0.4, -0.2) is 22.0 Å². The number of alkyl halides is 2. The van der Waals surface area contributed by atoms with Crippen molar-refractivity contribution in [2.45, 2.75) is 52.5 Å². The van der Waals surface area contributed by atoms with Crippen LogP contribution >= 0.6 is 0 Å². The molecule has 0 saturated heterocycles. The van der Waals surface area contributed by atoms with Crippen molar-refractivity contribution < 1.29 is 18.3 Å². The molecule has 26 heavy (non-hydrogen) atoms. The quantitative estimate of drug-likeness (QED) is 0.892. The normalized spacial score (nSPS) is 22.3. The van der Waals surface area contributed by atoms with Crippen molar-refractivity contribution in [2.75, 3.05) is 0 Å². The summed E-state index contributed by atoms with van der Waals surface area (Å²) in [6.07, 6.45) is -0.276. The van der Waals surface area contributed by atoms with Crippen LogP contribution in [0.3, 0.4) is 0 Å². The molecule has 3 rings (SSSR count). The van der Waals surface area contributed by atoms with Crippen molar-refractivity contribution in [3.05, 3.63) is 40.2 Å². The van der Waals surface area contributed by atoms with E-state index in [1.165, 1.54) is 6.20 Å². The number of aryl methyl sites for hydroxylation is 1. The fourth-order valence-corrected chi connectivity index (χ4v) is 3.65. The van der Waals surface area contributed by atoms with Crippen LogP contribution in [0, 0.1) is 23.7 Å². The zero-order valence-electron chi connectivity index (χ0n) is 14.8. The molecule has 0 aromatic carbocycles. The summed E-state index contributed by atoms with van der Waals surface area (Å²) in [7, 11) is 0. The number of allylic oxidation sites excluding steroid dienone is 3. The van der Waals surface area contributed by atoms with Crippen LogP contribution in [0.15, 0.2) is 29.0 Å². The summed E-state index contributed by atoms with van der Waals surface area (Å²) in [5, 5.41) is 13.7. The van der Waals surface area contributed by atoms with Gasteiger partial charge in [-0.2, -0.15) is 10.4 Å². The van der Waals surface area contributed by atoms with Gasteiger partial charge in [-0.05, 0) is 12.3 Å². The molecule has 0 spiro atoms. The SMILES string of the molecule is Cc1nn(CC(F)F)cc1[C@H]1C(C#N)=C(N)OC2=C1C(=O)CC(C)(C)C2. The van der Waals surface area contributed by atoms with E-state index in [2.05, 4.69) is 5.10 Å². The Hall–Kier alpha value is -2.69. The highest BCUT2D eigenvalue weighted by atomic mass is 19.3. The monoisotopic (exact) mass is 362 g/mol. The molecule has 8 heteroatoms. The van der Waals surface area contributed by atoms with Gasteiger partial charge in [0.05, 0.1) is 11.6 Å². The average molecular weight is 362 g/mol. The standard InChI is InChI=1S/C18H20F2N4O2/c1-9-11(7-24(23-9)8-14(19)20)15-10(6-21)17(22)26-13-5-18(2,3)4-12(25)16(13)15/h7,14-15H,4-5,8,22H2,1-3H3/t15-/m1/s1. The maximum atomic E-state index is 12.8. The Labute approximate surface area is 149 Å². The lowest BCUT2D eigenvalue weighted by atomic mass is 9.70. The van der Waals surface area contributed by atoms with Gasteiger partial charge in [-0.25, -0.2) is 8.78 Å². The van der Waals surface area contributed by atoms with E-state index < -0.39 is 18.9 Å². The summed E-state index contributed by atoms with van der Waals surface area (Å²) in [5.41, 5.74) is 7.15. The molecule has 6 nitrogen and oxygen atoms in total. The minimum absolute atomic E-state index is 0.0530. The molecule has 0 saturated carbocycles. The summed E-state index contributed by atoms with van der Waals surface area (Å²) >= 11 is 0. The van der Waals surface area contributed by atoms with Gasteiger partial charge in [0.15, 0.2) is 5.78 Å². The number of rotatable bonds is 3. The van der Waals surface area contributed by atoms with E-state index in [0.29, 0.717) is 35.4 Å². The smallest absolute Gasteiger partial charge is 0.257 e. The molecule has 0 radical (unpaired) electrons. The largest absolute Gasteiger partial charge is 0.444 e. The number of nitriles is 1. The van der Waals surface area contributed by atoms with Crippen LogP contribution in [0.25, 0.3) is 0 Å². The van der Waals surface area contributed by atoms with Crippen molar-refractivity contribution in [1.82, 2.24) is 9.78 Å². The van der Waals surface area contributed by atoms with E-state index in [4.69, 9.17) is 10.5 Å². The van der Waals surface area contributed by atoms with Gasteiger partial charge in [0, 0.05) is 30.2 Å². The molecular weight excluding hydrogens is 342 g/mol. The fraction of sp³-hybridized carbons (Fsp3) is 0.500. The number of ketones is 1. The Morgan fingerprint density at radius 1 is 1.50 bits per heavy atom. The summed E-state index contributed by atoms with van der Waals surface area (Å²) in [6, 6.07) is 2.01. The number of hydrogen-bond donors (Lipinski definition) is 1. The molecule has 0 bridgehead atoms. The van der Waals surface area contributed by atoms with Gasteiger partial charge >= 0.3 is 0 Å². The van der Waals surface area contributed by atoms with Crippen LogP contribution in [0.4, 0.5) is 8.78 Å². The Morgan fingerprint density at radius 2 is 2.19 bits per heavy atom. The van der Waals surface area contributed by atoms with E-state index in [1.807, 2.05) is 19.9 Å². The summed E-state index contributed by atoms with van der Waals surface area (Å²) in [5.74, 6) is -0.460. The number of Topliss-reactive ketones (excluding diaryl/α,β-unsaturated/α-hetero) is 1. The van der Waals surface area contributed by atoms with E-state index in [-0.39, 0.29) is 22.7 Å². The van der Waals surface area contributed by atoms with Gasteiger partial charge in [0.2, 0.25) is 5.88 Å². The molecule has 2 N–H and O–H groups in total. The Morgan fingerprint density at radius 3 is 2.81 bits per heavy atom. The van der Waals surface area contributed by atoms with Crippen LogP contribution < -0.4 is 5.73 Å². The molecule has 0 amide bonds. The fourth-order valence-electron chi connectivity index (χ4n) is 3.65. The topological polar surface area (TPSA) is 93.9 Å². The molecule has 138 valence electrons. The van der Waals surface area contributed by atoms with Crippen molar-refractivity contribution in [3.63, 3.8) is 0 Å². The van der Waals surface area contributed by atoms with Gasteiger partial charge in [-0.1, -0.05) is 13.8 Å². The number of carbonyl (C=O) groups is 1. The highest BCUT2D eigenvalue weighted by Gasteiger charge is 2.43. The molecule has 1 aromatic rings. The Balaban J connectivity index is 2.14. The number of hydrogen-bond acceptors (Lipinski definition) is 5. The molecule has 1 atom stereocenters. The van der Waals surface area contributed by atoms with E-state index >= 15 is 0 Å². The highest BCUT2D eigenvalue weighted by Crippen LogP contribution is 2.48. The van der Waals surface area contributed by atoms with Crippen molar-refractivity contribution in [1.29, 1.82) is 5.26 Å². The highest BCUT2D eigenvalue weighted by molar-refractivity contribution is 6.00. The third kappa shape index (κ3) is 3.09. The lowest BCUT2D eigenvalue weighted by molar-refractivity contribution is -0.119. The first-order valence-electron chi connectivity index (χ1n) is 8.29. The zero-order valence-corrected chi connectivity index (χ0v) is 14.8. The molecule has 1 aliphatic carbocycles.